The number of hydrogen-bond acceptors (Lipinski definition) is 2. The summed E-state index contributed by atoms with van der Waals surface area (Å²) in [6.07, 6.45) is 4.80. The third-order valence-electron chi connectivity index (χ3n) is 3.62. The minimum absolute atomic E-state index is 0.155. The Labute approximate surface area is 131 Å². The van der Waals surface area contributed by atoms with Gasteiger partial charge in [-0.3, -0.25) is 4.79 Å². The number of hydrogen-bond donors (Lipinski definition) is 0. The molecule has 106 valence electrons. The Morgan fingerprint density at radius 1 is 1.19 bits per heavy atom. The Hall–Kier alpha value is -1.94. The van der Waals surface area contributed by atoms with Gasteiger partial charge in [-0.15, -0.1) is 0 Å². The molecule has 0 N–H and O–H groups in total. The van der Waals surface area contributed by atoms with Gasteiger partial charge in [0.1, 0.15) is 5.82 Å². The van der Waals surface area contributed by atoms with Crippen LogP contribution in [0, 0.1) is 0 Å². The number of rotatable bonds is 4. The van der Waals surface area contributed by atoms with Crippen molar-refractivity contribution in [3.63, 3.8) is 0 Å². The summed E-state index contributed by atoms with van der Waals surface area (Å²) >= 11 is 3.46. The van der Waals surface area contributed by atoms with E-state index >= 15 is 0 Å². The molecule has 4 heteroatoms. The van der Waals surface area contributed by atoms with Crippen LogP contribution in [0.15, 0.2) is 53.3 Å². The minimum atomic E-state index is 0.155. The van der Waals surface area contributed by atoms with E-state index < -0.39 is 0 Å². The Morgan fingerprint density at radius 2 is 1.95 bits per heavy atom. The molecule has 3 nitrogen and oxygen atoms in total. The van der Waals surface area contributed by atoms with Crippen LogP contribution in [-0.4, -0.2) is 15.3 Å². The standard InChI is InChI=1S/C17H15BrN2O/c1-20-9-8-19-17(20)7-6-16(21)14-3-2-13-11-15(18)5-4-12(13)10-14/h2-5,8-11H,6-7H2,1H3. The Morgan fingerprint density at radius 3 is 2.71 bits per heavy atom. The normalized spacial score (nSPS) is 11.0. The first kappa shape index (κ1) is 14.0. The molecule has 0 aliphatic heterocycles. The first-order chi connectivity index (χ1) is 10.1. The lowest BCUT2D eigenvalue weighted by atomic mass is 10.0. The van der Waals surface area contributed by atoms with E-state index in [4.69, 9.17) is 0 Å². The molecule has 3 aromatic rings. The highest BCUT2D eigenvalue weighted by Crippen LogP contribution is 2.21. The summed E-state index contributed by atoms with van der Waals surface area (Å²) in [6, 6.07) is 11.9. The van der Waals surface area contributed by atoms with Gasteiger partial charge in [0.25, 0.3) is 0 Å². The molecule has 0 radical (unpaired) electrons. The van der Waals surface area contributed by atoms with Crippen molar-refractivity contribution in [3.05, 3.63) is 64.7 Å². The van der Waals surface area contributed by atoms with Crippen molar-refractivity contribution in [1.82, 2.24) is 9.55 Å². The van der Waals surface area contributed by atoms with E-state index in [9.17, 15) is 4.79 Å². The molecule has 3 rings (SSSR count). The van der Waals surface area contributed by atoms with Crippen molar-refractivity contribution in [3.8, 4) is 0 Å². The van der Waals surface area contributed by atoms with Crippen LogP contribution in [0.2, 0.25) is 0 Å². The zero-order chi connectivity index (χ0) is 14.8. The van der Waals surface area contributed by atoms with Crippen LogP contribution in [0.25, 0.3) is 10.8 Å². The molecule has 0 amide bonds. The molecule has 0 saturated carbocycles. The monoisotopic (exact) mass is 342 g/mol. The van der Waals surface area contributed by atoms with E-state index in [0.29, 0.717) is 12.8 Å². The molecule has 21 heavy (non-hydrogen) atoms. The summed E-state index contributed by atoms with van der Waals surface area (Å²) in [7, 11) is 1.95. The molecule has 0 fully saturated rings. The van der Waals surface area contributed by atoms with Gasteiger partial charge in [-0.05, 0) is 29.0 Å². The number of Topliss-reactive ketones (excluding diaryl/α,β-unsaturated/α-hetero) is 1. The maximum absolute atomic E-state index is 12.3. The molecule has 0 atom stereocenters. The molecule has 0 spiro atoms. The zero-order valence-corrected chi connectivity index (χ0v) is 13.3. The maximum atomic E-state index is 12.3. The van der Waals surface area contributed by atoms with Gasteiger partial charge in [-0.1, -0.05) is 34.1 Å². The van der Waals surface area contributed by atoms with Crippen LogP contribution in [0.1, 0.15) is 22.6 Å². The average Bonchev–Trinajstić information content (AvgIpc) is 2.89. The molecule has 0 unspecified atom stereocenters. The lowest BCUT2D eigenvalue weighted by Gasteiger charge is -2.04. The summed E-state index contributed by atoms with van der Waals surface area (Å²) in [4.78, 5) is 16.6. The molecule has 2 aromatic carbocycles. The quantitative estimate of drug-likeness (QED) is 0.667. The first-order valence-electron chi connectivity index (χ1n) is 6.82. The fraction of sp³-hybridized carbons (Fsp3) is 0.176. The second-order valence-electron chi connectivity index (χ2n) is 5.08. The van der Waals surface area contributed by atoms with Gasteiger partial charge in [-0.25, -0.2) is 4.98 Å². The number of carbonyl (C=O) groups is 1. The summed E-state index contributed by atoms with van der Waals surface area (Å²) < 4.78 is 2.99. The minimum Gasteiger partial charge on any atom is -0.338 e. The fourth-order valence-corrected chi connectivity index (χ4v) is 2.78. The Balaban J connectivity index is 1.78. The second-order valence-corrected chi connectivity index (χ2v) is 6.00. The lowest BCUT2D eigenvalue weighted by molar-refractivity contribution is 0.0982. The van der Waals surface area contributed by atoms with Gasteiger partial charge in [0.2, 0.25) is 0 Å². The fourth-order valence-electron chi connectivity index (χ4n) is 2.40. The van der Waals surface area contributed by atoms with E-state index in [2.05, 4.69) is 27.0 Å². The zero-order valence-electron chi connectivity index (χ0n) is 11.7. The van der Waals surface area contributed by atoms with Crippen LogP contribution in [0.4, 0.5) is 0 Å². The Kier molecular flexibility index (Phi) is 3.88. The topological polar surface area (TPSA) is 34.9 Å². The molecule has 0 aliphatic rings. The van der Waals surface area contributed by atoms with Gasteiger partial charge < -0.3 is 4.57 Å². The van der Waals surface area contributed by atoms with Crippen molar-refractivity contribution in [2.24, 2.45) is 7.05 Å². The highest BCUT2D eigenvalue weighted by Gasteiger charge is 2.09. The van der Waals surface area contributed by atoms with E-state index in [1.807, 2.05) is 48.1 Å². The number of ketones is 1. The largest absolute Gasteiger partial charge is 0.338 e. The van der Waals surface area contributed by atoms with Crippen molar-refractivity contribution in [2.45, 2.75) is 12.8 Å². The van der Waals surface area contributed by atoms with Crippen molar-refractivity contribution < 1.29 is 4.79 Å². The molecule has 0 aliphatic carbocycles. The highest BCUT2D eigenvalue weighted by molar-refractivity contribution is 9.10. The van der Waals surface area contributed by atoms with E-state index in [1.165, 1.54) is 0 Å². The summed E-state index contributed by atoms with van der Waals surface area (Å²) in [5.74, 6) is 1.09. The van der Waals surface area contributed by atoms with Crippen LogP contribution < -0.4 is 0 Å². The average molecular weight is 343 g/mol. The van der Waals surface area contributed by atoms with Crippen LogP contribution in [0.5, 0.6) is 0 Å². The van der Waals surface area contributed by atoms with E-state index in [-0.39, 0.29) is 5.78 Å². The van der Waals surface area contributed by atoms with Gasteiger partial charge >= 0.3 is 0 Å². The molecule has 0 bridgehead atoms. The molecule has 0 saturated heterocycles. The van der Waals surface area contributed by atoms with E-state index in [1.54, 1.807) is 6.20 Å². The Bertz CT molecular complexity index is 807. The lowest BCUT2D eigenvalue weighted by Crippen LogP contribution is -2.04. The number of halogens is 1. The van der Waals surface area contributed by atoms with Crippen molar-refractivity contribution in [2.75, 3.05) is 0 Å². The smallest absolute Gasteiger partial charge is 0.163 e. The summed E-state index contributed by atoms with van der Waals surface area (Å²) in [5, 5.41) is 2.21. The van der Waals surface area contributed by atoms with Crippen LogP contribution in [0.3, 0.4) is 0 Å². The number of aryl methyl sites for hydroxylation is 2. The predicted molar refractivity (Wildman–Crippen MR) is 87.5 cm³/mol. The molecular weight excluding hydrogens is 328 g/mol. The summed E-state index contributed by atoms with van der Waals surface area (Å²) in [5.41, 5.74) is 0.763. The summed E-state index contributed by atoms with van der Waals surface area (Å²) in [6.45, 7) is 0. The third kappa shape index (κ3) is 3.05. The molecular formula is C17H15BrN2O. The number of nitrogens with zero attached hydrogens (tertiary/aromatic N) is 2. The third-order valence-corrected chi connectivity index (χ3v) is 4.11. The predicted octanol–water partition coefficient (Wildman–Crippen LogP) is 4.15. The van der Waals surface area contributed by atoms with Crippen LogP contribution in [-0.2, 0) is 13.5 Å². The number of fused-ring (bicyclic) bond motifs is 1. The second kappa shape index (κ2) is 5.82. The molecule has 1 heterocycles. The number of benzene rings is 2. The van der Waals surface area contributed by atoms with Gasteiger partial charge in [0.05, 0.1) is 0 Å². The van der Waals surface area contributed by atoms with Gasteiger partial charge in [0.15, 0.2) is 5.78 Å². The number of imidazole rings is 1. The van der Waals surface area contributed by atoms with Gasteiger partial charge in [0, 0.05) is 42.3 Å². The molecule has 1 aromatic heterocycles. The first-order valence-corrected chi connectivity index (χ1v) is 7.61. The van der Waals surface area contributed by atoms with Crippen LogP contribution >= 0.6 is 15.9 Å². The highest BCUT2D eigenvalue weighted by atomic mass is 79.9. The van der Waals surface area contributed by atoms with Crippen molar-refractivity contribution >= 4 is 32.5 Å². The number of aromatic nitrogens is 2. The number of carbonyl (C=O) groups excluding carboxylic acids is 1. The SMILES string of the molecule is Cn1ccnc1CCC(=O)c1ccc2cc(Br)ccc2c1. The van der Waals surface area contributed by atoms with E-state index in [0.717, 1.165) is 26.6 Å². The maximum Gasteiger partial charge on any atom is 0.163 e. The van der Waals surface area contributed by atoms with Crippen molar-refractivity contribution in [1.29, 1.82) is 0 Å². The van der Waals surface area contributed by atoms with Gasteiger partial charge in [-0.2, -0.15) is 0 Å².